The molecule has 10 nitrogen and oxygen atoms in total. The summed E-state index contributed by atoms with van der Waals surface area (Å²) >= 11 is 0. The average Bonchev–Trinajstić information content (AvgIpc) is 3.30. The first-order valence-corrected chi connectivity index (χ1v) is 8.66. The van der Waals surface area contributed by atoms with Gasteiger partial charge in [0.15, 0.2) is 22.7 Å². The third kappa shape index (κ3) is 2.82. The summed E-state index contributed by atoms with van der Waals surface area (Å²) in [5.74, 6) is 1.03. The molecule has 28 heavy (non-hydrogen) atoms. The highest BCUT2D eigenvalue weighted by molar-refractivity contribution is 5.79. The summed E-state index contributed by atoms with van der Waals surface area (Å²) in [4.78, 5) is 41.1. The predicted molar refractivity (Wildman–Crippen MR) is 99.3 cm³/mol. The molecule has 0 fully saturated rings. The molecule has 2 aromatic heterocycles. The van der Waals surface area contributed by atoms with Gasteiger partial charge in [-0.15, -0.1) is 0 Å². The van der Waals surface area contributed by atoms with Crippen LogP contribution in [0.3, 0.4) is 0 Å². The maximum Gasteiger partial charge on any atom is 0.332 e. The number of fused-ring (bicyclic) bond motifs is 2. The Hall–Kier alpha value is -3.56. The van der Waals surface area contributed by atoms with Crippen LogP contribution in [0.2, 0.25) is 0 Å². The molecule has 0 bridgehead atoms. The lowest BCUT2D eigenvalue weighted by Gasteiger charge is -2.15. The van der Waals surface area contributed by atoms with Gasteiger partial charge < -0.3 is 19.4 Å². The fraction of sp³-hybridized carbons (Fsp3) is 0.333. The first kappa shape index (κ1) is 17.8. The maximum atomic E-state index is 12.5. The van der Waals surface area contributed by atoms with Gasteiger partial charge in [0, 0.05) is 14.1 Å². The highest BCUT2D eigenvalue weighted by Crippen LogP contribution is 2.34. The first-order valence-electron chi connectivity index (χ1n) is 8.66. The van der Waals surface area contributed by atoms with E-state index in [0.717, 1.165) is 10.1 Å². The SMILES string of the molecule is CC(NC(=O)Cn1cnc2c1c(=O)n(C)c(=O)n2C)c1ccc2c(c1)OCO2. The molecule has 1 N–H and O–H groups in total. The van der Waals surface area contributed by atoms with Gasteiger partial charge in [-0.2, -0.15) is 0 Å². The summed E-state index contributed by atoms with van der Waals surface area (Å²) in [5, 5.41) is 2.89. The van der Waals surface area contributed by atoms with E-state index in [2.05, 4.69) is 10.3 Å². The van der Waals surface area contributed by atoms with Crippen LogP contribution in [0.25, 0.3) is 11.2 Å². The Balaban J connectivity index is 1.56. The molecule has 1 aliphatic heterocycles. The molecule has 3 heterocycles. The smallest absolute Gasteiger partial charge is 0.332 e. The fourth-order valence-electron chi connectivity index (χ4n) is 3.22. The second-order valence-electron chi connectivity index (χ2n) is 6.65. The van der Waals surface area contributed by atoms with Gasteiger partial charge in [0.05, 0.1) is 12.4 Å². The Morgan fingerprint density at radius 2 is 1.96 bits per heavy atom. The third-order valence-corrected chi connectivity index (χ3v) is 4.81. The van der Waals surface area contributed by atoms with Crippen LogP contribution < -0.4 is 26.0 Å². The summed E-state index contributed by atoms with van der Waals surface area (Å²) in [7, 11) is 2.92. The average molecular weight is 385 g/mol. The van der Waals surface area contributed by atoms with Crippen molar-refractivity contribution in [3.63, 3.8) is 0 Å². The zero-order valence-electron chi connectivity index (χ0n) is 15.6. The van der Waals surface area contributed by atoms with Gasteiger partial charge >= 0.3 is 5.69 Å². The van der Waals surface area contributed by atoms with E-state index in [1.807, 2.05) is 19.1 Å². The molecule has 3 aromatic rings. The van der Waals surface area contributed by atoms with Crippen molar-refractivity contribution in [2.75, 3.05) is 6.79 Å². The van der Waals surface area contributed by atoms with Crippen molar-refractivity contribution in [1.29, 1.82) is 0 Å². The second kappa shape index (κ2) is 6.55. The molecular formula is C18H19N5O5. The van der Waals surface area contributed by atoms with E-state index in [9.17, 15) is 14.4 Å². The molecule has 0 saturated heterocycles. The number of imidazole rings is 1. The molecule has 0 saturated carbocycles. The molecule has 0 radical (unpaired) electrons. The monoisotopic (exact) mass is 385 g/mol. The number of ether oxygens (including phenoxy) is 2. The van der Waals surface area contributed by atoms with Crippen LogP contribution in [-0.2, 0) is 25.4 Å². The number of rotatable bonds is 4. The lowest BCUT2D eigenvalue weighted by atomic mass is 10.1. The van der Waals surface area contributed by atoms with Crippen LogP contribution in [0.4, 0.5) is 0 Å². The van der Waals surface area contributed by atoms with Crippen LogP contribution in [-0.4, -0.2) is 31.4 Å². The highest BCUT2D eigenvalue weighted by Gasteiger charge is 2.19. The maximum absolute atomic E-state index is 12.5. The van der Waals surface area contributed by atoms with Crippen molar-refractivity contribution in [2.45, 2.75) is 19.5 Å². The predicted octanol–water partition coefficient (Wildman–Crippen LogP) is 0.0398. The first-order chi connectivity index (χ1) is 13.4. The van der Waals surface area contributed by atoms with Crippen LogP contribution in [0.1, 0.15) is 18.5 Å². The molecular weight excluding hydrogens is 366 g/mol. The zero-order chi connectivity index (χ0) is 20.0. The van der Waals surface area contributed by atoms with Gasteiger partial charge in [-0.1, -0.05) is 6.07 Å². The minimum Gasteiger partial charge on any atom is -0.454 e. The number of amides is 1. The summed E-state index contributed by atoms with van der Waals surface area (Å²) in [5.41, 5.74) is 0.349. The van der Waals surface area contributed by atoms with Crippen molar-refractivity contribution >= 4 is 17.1 Å². The Morgan fingerprint density at radius 3 is 2.75 bits per heavy atom. The van der Waals surface area contributed by atoms with Gasteiger partial charge in [-0.05, 0) is 24.6 Å². The molecule has 146 valence electrons. The molecule has 1 unspecified atom stereocenters. The number of hydrogen-bond acceptors (Lipinski definition) is 6. The molecule has 0 aliphatic carbocycles. The van der Waals surface area contributed by atoms with E-state index in [-0.39, 0.29) is 36.5 Å². The standard InChI is InChI=1S/C18H19N5O5/c1-10(11-4-5-12-13(6-11)28-9-27-12)20-14(24)7-23-8-19-16-15(23)17(25)22(3)18(26)21(16)2/h4-6,8,10H,7,9H2,1-3H3,(H,20,24). The lowest BCUT2D eigenvalue weighted by molar-refractivity contribution is -0.122. The van der Waals surface area contributed by atoms with E-state index < -0.39 is 11.2 Å². The largest absolute Gasteiger partial charge is 0.454 e. The summed E-state index contributed by atoms with van der Waals surface area (Å²) < 4.78 is 14.4. The summed E-state index contributed by atoms with van der Waals surface area (Å²) in [6, 6.07) is 5.21. The summed E-state index contributed by atoms with van der Waals surface area (Å²) in [6.45, 7) is 1.94. The van der Waals surface area contributed by atoms with Gasteiger partial charge in [0.1, 0.15) is 6.54 Å². The van der Waals surface area contributed by atoms with E-state index in [0.29, 0.717) is 11.5 Å². The number of aryl methyl sites for hydroxylation is 1. The molecule has 1 atom stereocenters. The van der Waals surface area contributed by atoms with E-state index in [1.165, 1.54) is 29.6 Å². The van der Waals surface area contributed by atoms with Crippen molar-refractivity contribution in [1.82, 2.24) is 24.0 Å². The third-order valence-electron chi connectivity index (χ3n) is 4.81. The zero-order valence-corrected chi connectivity index (χ0v) is 15.6. The van der Waals surface area contributed by atoms with Gasteiger partial charge in [0.2, 0.25) is 12.7 Å². The molecule has 1 aliphatic rings. The Kier molecular flexibility index (Phi) is 4.17. The molecule has 0 spiro atoms. The minimum absolute atomic E-state index is 0.0984. The minimum atomic E-state index is -0.493. The van der Waals surface area contributed by atoms with Crippen LogP contribution in [0.5, 0.6) is 11.5 Å². The fourth-order valence-corrected chi connectivity index (χ4v) is 3.22. The highest BCUT2D eigenvalue weighted by atomic mass is 16.7. The molecule has 10 heteroatoms. The van der Waals surface area contributed by atoms with Crippen molar-refractivity contribution in [3.8, 4) is 11.5 Å². The number of hydrogen-bond donors (Lipinski definition) is 1. The number of carbonyl (C=O) groups is 1. The topological polar surface area (TPSA) is 109 Å². The van der Waals surface area contributed by atoms with Gasteiger partial charge in [0.25, 0.3) is 5.56 Å². The second-order valence-corrected chi connectivity index (χ2v) is 6.65. The van der Waals surface area contributed by atoms with Gasteiger partial charge in [-0.25, -0.2) is 9.78 Å². The number of nitrogens with one attached hydrogen (secondary N) is 1. The Labute approximate surface area is 158 Å². The van der Waals surface area contributed by atoms with Crippen molar-refractivity contribution in [3.05, 3.63) is 50.9 Å². The van der Waals surface area contributed by atoms with Crippen LogP contribution in [0, 0.1) is 0 Å². The van der Waals surface area contributed by atoms with E-state index >= 15 is 0 Å². The molecule has 1 aromatic carbocycles. The van der Waals surface area contributed by atoms with E-state index in [1.54, 1.807) is 6.07 Å². The quantitative estimate of drug-likeness (QED) is 0.679. The Bertz CT molecular complexity index is 1210. The molecule has 1 amide bonds. The number of nitrogens with zero attached hydrogens (tertiary/aromatic N) is 4. The normalized spacial score (nSPS) is 13.7. The number of benzene rings is 1. The van der Waals surface area contributed by atoms with Crippen LogP contribution >= 0.6 is 0 Å². The van der Waals surface area contributed by atoms with Crippen molar-refractivity contribution < 1.29 is 14.3 Å². The number of carbonyl (C=O) groups excluding carboxylic acids is 1. The molecule has 4 rings (SSSR count). The van der Waals surface area contributed by atoms with E-state index in [4.69, 9.17) is 9.47 Å². The van der Waals surface area contributed by atoms with Crippen LogP contribution in [0.15, 0.2) is 34.1 Å². The van der Waals surface area contributed by atoms with Crippen molar-refractivity contribution in [2.24, 2.45) is 14.1 Å². The number of aromatic nitrogens is 4. The Morgan fingerprint density at radius 1 is 1.21 bits per heavy atom. The van der Waals surface area contributed by atoms with Gasteiger partial charge in [-0.3, -0.25) is 18.7 Å². The lowest BCUT2D eigenvalue weighted by Crippen LogP contribution is -2.38. The summed E-state index contributed by atoms with van der Waals surface area (Å²) in [6.07, 6.45) is 1.39.